The van der Waals surface area contributed by atoms with Crippen molar-refractivity contribution in [1.82, 2.24) is 4.72 Å². The SMILES string of the molecule is CC.CC(=O)C(NS(C)(=O)=O)C(C)C. The van der Waals surface area contributed by atoms with Crippen molar-refractivity contribution < 1.29 is 13.2 Å². The molecule has 0 aromatic rings. The molecule has 1 N–H and O–H groups in total. The zero-order valence-corrected chi connectivity index (χ0v) is 10.6. The Morgan fingerprint density at radius 1 is 1.21 bits per heavy atom. The molecular formula is C9H21NO3S. The zero-order valence-electron chi connectivity index (χ0n) is 9.79. The molecule has 0 amide bonds. The van der Waals surface area contributed by atoms with Gasteiger partial charge in [-0.1, -0.05) is 27.7 Å². The molecule has 0 spiro atoms. The maximum absolute atomic E-state index is 10.9. The Bertz CT molecular complexity index is 257. The van der Waals surface area contributed by atoms with E-state index in [1.165, 1.54) is 6.92 Å². The molecule has 0 aliphatic carbocycles. The van der Waals surface area contributed by atoms with E-state index in [1.807, 2.05) is 13.8 Å². The van der Waals surface area contributed by atoms with Gasteiger partial charge in [-0.05, 0) is 12.8 Å². The van der Waals surface area contributed by atoms with E-state index in [9.17, 15) is 13.2 Å². The Hall–Kier alpha value is -0.420. The van der Waals surface area contributed by atoms with E-state index in [0.717, 1.165) is 6.26 Å². The lowest BCUT2D eigenvalue weighted by molar-refractivity contribution is -0.119. The van der Waals surface area contributed by atoms with Crippen LogP contribution in [-0.4, -0.2) is 26.5 Å². The fraction of sp³-hybridized carbons (Fsp3) is 0.889. The number of hydrogen-bond donors (Lipinski definition) is 1. The highest BCUT2D eigenvalue weighted by atomic mass is 32.2. The Morgan fingerprint density at radius 2 is 1.57 bits per heavy atom. The molecule has 0 aliphatic heterocycles. The van der Waals surface area contributed by atoms with Crippen molar-refractivity contribution in [2.75, 3.05) is 6.26 Å². The Kier molecular flexibility index (Phi) is 7.96. The molecule has 0 saturated heterocycles. The van der Waals surface area contributed by atoms with Gasteiger partial charge in [0.25, 0.3) is 0 Å². The highest BCUT2D eigenvalue weighted by molar-refractivity contribution is 7.88. The van der Waals surface area contributed by atoms with E-state index in [1.54, 1.807) is 13.8 Å². The van der Waals surface area contributed by atoms with Gasteiger partial charge in [0, 0.05) is 0 Å². The topological polar surface area (TPSA) is 63.2 Å². The number of carbonyl (C=O) groups excluding carboxylic acids is 1. The molecule has 1 atom stereocenters. The van der Waals surface area contributed by atoms with Crippen LogP contribution in [0.15, 0.2) is 0 Å². The van der Waals surface area contributed by atoms with Crippen LogP contribution in [0.5, 0.6) is 0 Å². The van der Waals surface area contributed by atoms with E-state index in [4.69, 9.17) is 0 Å². The number of Topliss-reactive ketones (excluding diaryl/α,β-unsaturated/α-hetero) is 1. The molecule has 14 heavy (non-hydrogen) atoms. The standard InChI is InChI=1S/C7H15NO3S.C2H6/c1-5(2)7(6(3)9)8-12(4,10)11;1-2/h5,7-8H,1-4H3;1-2H3. The third-order valence-electron chi connectivity index (χ3n) is 1.45. The molecule has 0 heterocycles. The maximum Gasteiger partial charge on any atom is 0.209 e. The largest absolute Gasteiger partial charge is 0.298 e. The van der Waals surface area contributed by atoms with Crippen LogP contribution in [0.1, 0.15) is 34.6 Å². The number of hydrogen-bond acceptors (Lipinski definition) is 3. The Labute approximate surface area is 87.1 Å². The van der Waals surface area contributed by atoms with Gasteiger partial charge < -0.3 is 0 Å². The minimum Gasteiger partial charge on any atom is -0.298 e. The van der Waals surface area contributed by atoms with Crippen LogP contribution >= 0.6 is 0 Å². The first kappa shape index (κ1) is 16.0. The summed E-state index contributed by atoms with van der Waals surface area (Å²) in [5.41, 5.74) is 0. The zero-order chi connectivity index (χ0) is 11.9. The second kappa shape index (κ2) is 6.95. The number of ketones is 1. The lowest BCUT2D eigenvalue weighted by Crippen LogP contribution is -2.42. The van der Waals surface area contributed by atoms with Crippen molar-refractivity contribution in [3.63, 3.8) is 0 Å². The summed E-state index contributed by atoms with van der Waals surface area (Å²) in [6.45, 7) is 8.97. The van der Waals surface area contributed by atoms with Crippen LogP contribution in [0, 0.1) is 5.92 Å². The first-order valence-corrected chi connectivity index (χ1v) is 6.61. The van der Waals surface area contributed by atoms with E-state index in [0.29, 0.717) is 0 Å². The lowest BCUT2D eigenvalue weighted by atomic mass is 10.0. The van der Waals surface area contributed by atoms with Gasteiger partial charge in [0.15, 0.2) is 0 Å². The van der Waals surface area contributed by atoms with E-state index in [2.05, 4.69) is 4.72 Å². The minimum atomic E-state index is -3.28. The average molecular weight is 223 g/mol. The monoisotopic (exact) mass is 223 g/mol. The smallest absolute Gasteiger partial charge is 0.209 e. The molecule has 0 aromatic heterocycles. The number of carbonyl (C=O) groups is 1. The Balaban J connectivity index is 0. The second-order valence-corrected chi connectivity index (χ2v) is 5.00. The molecule has 0 rings (SSSR count). The second-order valence-electron chi connectivity index (χ2n) is 3.22. The molecule has 0 saturated carbocycles. The van der Waals surface area contributed by atoms with Crippen molar-refractivity contribution in [2.45, 2.75) is 40.7 Å². The van der Waals surface area contributed by atoms with Crippen LogP contribution in [-0.2, 0) is 14.8 Å². The summed E-state index contributed by atoms with van der Waals surface area (Å²) in [6, 6.07) is -0.597. The van der Waals surface area contributed by atoms with Crippen molar-refractivity contribution >= 4 is 15.8 Å². The van der Waals surface area contributed by atoms with Crippen LogP contribution < -0.4 is 4.72 Å². The molecule has 4 nitrogen and oxygen atoms in total. The summed E-state index contributed by atoms with van der Waals surface area (Å²) in [5, 5.41) is 0. The quantitative estimate of drug-likeness (QED) is 0.778. The Morgan fingerprint density at radius 3 is 1.64 bits per heavy atom. The third kappa shape index (κ3) is 8.19. The minimum absolute atomic E-state index is 0.0165. The molecular weight excluding hydrogens is 202 g/mol. The highest BCUT2D eigenvalue weighted by Gasteiger charge is 2.21. The first-order chi connectivity index (χ1) is 6.24. The number of nitrogens with one attached hydrogen (secondary N) is 1. The fourth-order valence-corrected chi connectivity index (χ4v) is 1.82. The van der Waals surface area contributed by atoms with E-state index >= 15 is 0 Å². The van der Waals surface area contributed by atoms with Gasteiger partial charge in [-0.25, -0.2) is 13.1 Å². The molecule has 0 fully saturated rings. The van der Waals surface area contributed by atoms with Gasteiger partial charge in [-0.15, -0.1) is 0 Å². The summed E-state index contributed by atoms with van der Waals surface area (Å²) in [7, 11) is -3.28. The maximum atomic E-state index is 10.9. The van der Waals surface area contributed by atoms with Crippen molar-refractivity contribution in [1.29, 1.82) is 0 Å². The third-order valence-corrected chi connectivity index (χ3v) is 2.13. The molecule has 0 radical (unpaired) electrons. The van der Waals surface area contributed by atoms with Crippen LogP contribution in [0.25, 0.3) is 0 Å². The highest BCUT2D eigenvalue weighted by Crippen LogP contribution is 2.03. The molecule has 86 valence electrons. The fourth-order valence-electron chi connectivity index (χ4n) is 0.919. The van der Waals surface area contributed by atoms with Crippen LogP contribution in [0.3, 0.4) is 0 Å². The molecule has 0 aliphatic rings. The molecule has 0 bridgehead atoms. The number of rotatable bonds is 4. The van der Waals surface area contributed by atoms with Crippen LogP contribution in [0.2, 0.25) is 0 Å². The van der Waals surface area contributed by atoms with E-state index in [-0.39, 0.29) is 11.7 Å². The molecule has 5 heteroatoms. The van der Waals surface area contributed by atoms with Gasteiger partial charge in [-0.3, -0.25) is 4.79 Å². The van der Waals surface area contributed by atoms with Gasteiger partial charge in [-0.2, -0.15) is 0 Å². The molecule has 1 unspecified atom stereocenters. The van der Waals surface area contributed by atoms with Crippen molar-refractivity contribution in [2.24, 2.45) is 5.92 Å². The average Bonchev–Trinajstić information content (AvgIpc) is 2.01. The number of sulfonamides is 1. The lowest BCUT2D eigenvalue weighted by Gasteiger charge is -2.17. The van der Waals surface area contributed by atoms with Gasteiger partial charge in [0.2, 0.25) is 10.0 Å². The summed E-state index contributed by atoms with van der Waals surface area (Å²) >= 11 is 0. The van der Waals surface area contributed by atoms with Crippen molar-refractivity contribution in [3.05, 3.63) is 0 Å². The van der Waals surface area contributed by atoms with Gasteiger partial charge in [0.1, 0.15) is 5.78 Å². The first-order valence-electron chi connectivity index (χ1n) is 4.72. The summed E-state index contributed by atoms with van der Waals surface area (Å²) in [5.74, 6) is -0.173. The predicted molar refractivity (Wildman–Crippen MR) is 58.6 cm³/mol. The summed E-state index contributed by atoms with van der Waals surface area (Å²) in [4.78, 5) is 10.9. The van der Waals surface area contributed by atoms with E-state index < -0.39 is 16.1 Å². The summed E-state index contributed by atoms with van der Waals surface area (Å²) < 4.78 is 23.9. The predicted octanol–water partition coefficient (Wildman–Crippen LogP) is 1.18. The normalized spacial score (nSPS) is 13.1. The molecule has 0 aromatic carbocycles. The van der Waals surface area contributed by atoms with Crippen LogP contribution in [0.4, 0.5) is 0 Å². The van der Waals surface area contributed by atoms with Gasteiger partial charge >= 0.3 is 0 Å². The summed E-state index contributed by atoms with van der Waals surface area (Å²) in [6.07, 6.45) is 1.05. The van der Waals surface area contributed by atoms with Crippen molar-refractivity contribution in [3.8, 4) is 0 Å². The van der Waals surface area contributed by atoms with Gasteiger partial charge in [0.05, 0.1) is 12.3 Å².